The van der Waals surface area contributed by atoms with E-state index in [1.807, 2.05) is 30.3 Å². The van der Waals surface area contributed by atoms with Crippen molar-refractivity contribution in [2.45, 2.75) is 11.7 Å². The van der Waals surface area contributed by atoms with E-state index in [-0.39, 0.29) is 29.7 Å². The number of hydrogen-bond acceptors (Lipinski definition) is 4. The van der Waals surface area contributed by atoms with Crippen molar-refractivity contribution < 1.29 is 17.6 Å². The first-order chi connectivity index (χ1) is 13.9. The molecule has 1 unspecified atom stereocenters. The summed E-state index contributed by atoms with van der Waals surface area (Å²) in [6.45, 7) is 0.470. The molecule has 1 N–H and O–H groups in total. The van der Waals surface area contributed by atoms with Gasteiger partial charge in [-0.2, -0.15) is 5.10 Å². The Labute approximate surface area is 168 Å². The quantitative estimate of drug-likeness (QED) is 0.715. The Morgan fingerprint density at radius 3 is 2.52 bits per heavy atom. The van der Waals surface area contributed by atoms with Gasteiger partial charge in [0, 0.05) is 18.7 Å². The fourth-order valence-electron chi connectivity index (χ4n) is 3.56. The molecule has 1 aromatic heterocycles. The molecule has 2 aromatic carbocycles. The average molecular weight is 413 g/mol. The molecule has 0 radical (unpaired) electrons. The maximum atomic E-state index is 13.1. The van der Waals surface area contributed by atoms with Crippen LogP contribution >= 0.6 is 0 Å². The number of amides is 1. The van der Waals surface area contributed by atoms with Crippen LogP contribution in [0.1, 0.15) is 27.7 Å². The lowest BCUT2D eigenvalue weighted by Crippen LogP contribution is -2.33. The Morgan fingerprint density at radius 1 is 1.07 bits per heavy atom. The van der Waals surface area contributed by atoms with E-state index in [2.05, 4.69) is 10.2 Å². The van der Waals surface area contributed by atoms with Crippen molar-refractivity contribution in [3.05, 3.63) is 77.7 Å². The highest BCUT2D eigenvalue weighted by Gasteiger charge is 2.33. The molecule has 0 spiro atoms. The molecule has 1 amide bonds. The Balaban J connectivity index is 1.52. The van der Waals surface area contributed by atoms with Gasteiger partial charge in [-0.3, -0.25) is 9.89 Å². The number of aromatic nitrogens is 2. The van der Waals surface area contributed by atoms with Gasteiger partial charge in [-0.15, -0.1) is 0 Å². The van der Waals surface area contributed by atoms with Crippen molar-refractivity contribution in [3.8, 4) is 11.3 Å². The Kier molecular flexibility index (Phi) is 5.19. The summed E-state index contributed by atoms with van der Waals surface area (Å²) in [6, 6.07) is 16.5. The van der Waals surface area contributed by atoms with Crippen LogP contribution in [0.15, 0.2) is 60.7 Å². The zero-order valence-electron chi connectivity index (χ0n) is 15.6. The standard InChI is InChI=1S/C21H20FN3O3S/c22-17-8-6-15(7-9-17)18-14-19(24-23-18)21(26)25-11-10-20(29(27,28)13-12-25)16-4-2-1-3-5-16/h1-9,14,20H,10-13H2,(H,23,24). The molecular weight excluding hydrogens is 393 g/mol. The summed E-state index contributed by atoms with van der Waals surface area (Å²) in [5, 5.41) is 6.24. The van der Waals surface area contributed by atoms with E-state index in [0.29, 0.717) is 24.2 Å². The minimum absolute atomic E-state index is 0.0861. The summed E-state index contributed by atoms with van der Waals surface area (Å²) >= 11 is 0. The smallest absolute Gasteiger partial charge is 0.271 e. The van der Waals surface area contributed by atoms with Crippen LogP contribution in [0.4, 0.5) is 4.39 Å². The van der Waals surface area contributed by atoms with E-state index >= 15 is 0 Å². The first-order valence-corrected chi connectivity index (χ1v) is 11.0. The summed E-state index contributed by atoms with van der Waals surface area (Å²) < 4.78 is 38.6. The monoisotopic (exact) mass is 413 g/mol. The first kappa shape index (κ1) is 19.3. The van der Waals surface area contributed by atoms with Crippen molar-refractivity contribution in [2.24, 2.45) is 0 Å². The Hall–Kier alpha value is -3.00. The number of benzene rings is 2. The molecule has 8 heteroatoms. The van der Waals surface area contributed by atoms with Crippen LogP contribution in [0.3, 0.4) is 0 Å². The normalized spacial score (nSPS) is 18.9. The summed E-state index contributed by atoms with van der Waals surface area (Å²) in [5.74, 6) is -0.730. The van der Waals surface area contributed by atoms with E-state index in [1.165, 1.54) is 12.1 Å². The second-order valence-corrected chi connectivity index (χ2v) is 9.32. The van der Waals surface area contributed by atoms with Crippen molar-refractivity contribution in [2.75, 3.05) is 18.8 Å². The molecule has 0 saturated carbocycles. The van der Waals surface area contributed by atoms with Crippen molar-refractivity contribution in [3.63, 3.8) is 0 Å². The van der Waals surface area contributed by atoms with Gasteiger partial charge in [0.2, 0.25) is 0 Å². The van der Waals surface area contributed by atoms with Gasteiger partial charge in [-0.1, -0.05) is 30.3 Å². The average Bonchev–Trinajstić information content (AvgIpc) is 3.15. The van der Waals surface area contributed by atoms with Gasteiger partial charge in [0.25, 0.3) is 5.91 Å². The van der Waals surface area contributed by atoms with Crippen molar-refractivity contribution in [1.29, 1.82) is 0 Å². The van der Waals surface area contributed by atoms with Gasteiger partial charge in [0.15, 0.2) is 9.84 Å². The summed E-state index contributed by atoms with van der Waals surface area (Å²) in [4.78, 5) is 14.4. The largest absolute Gasteiger partial charge is 0.336 e. The number of hydrogen-bond donors (Lipinski definition) is 1. The minimum Gasteiger partial charge on any atom is -0.336 e. The zero-order valence-corrected chi connectivity index (χ0v) is 16.4. The number of aromatic amines is 1. The Bertz CT molecular complexity index is 1110. The zero-order chi connectivity index (χ0) is 20.4. The topological polar surface area (TPSA) is 83.1 Å². The second kappa shape index (κ2) is 7.79. The molecule has 1 fully saturated rings. The van der Waals surface area contributed by atoms with Crippen LogP contribution in [-0.4, -0.2) is 48.3 Å². The fraction of sp³-hybridized carbons (Fsp3) is 0.238. The third kappa shape index (κ3) is 4.07. The first-order valence-electron chi connectivity index (χ1n) is 9.31. The number of halogens is 1. The van der Waals surface area contributed by atoms with Crippen LogP contribution in [0.2, 0.25) is 0 Å². The highest BCUT2D eigenvalue weighted by atomic mass is 32.2. The molecule has 1 aliphatic heterocycles. The Morgan fingerprint density at radius 2 is 1.79 bits per heavy atom. The van der Waals surface area contributed by atoms with E-state index in [1.54, 1.807) is 23.1 Å². The van der Waals surface area contributed by atoms with Gasteiger partial charge < -0.3 is 4.90 Å². The maximum absolute atomic E-state index is 13.1. The van der Waals surface area contributed by atoms with Crippen LogP contribution in [-0.2, 0) is 9.84 Å². The van der Waals surface area contributed by atoms with Gasteiger partial charge in [-0.25, -0.2) is 12.8 Å². The van der Waals surface area contributed by atoms with Crippen molar-refractivity contribution >= 4 is 15.7 Å². The number of H-pyrrole nitrogens is 1. The predicted octanol–water partition coefficient (Wildman–Crippen LogP) is 3.22. The van der Waals surface area contributed by atoms with Crippen molar-refractivity contribution in [1.82, 2.24) is 15.1 Å². The lowest BCUT2D eigenvalue weighted by atomic mass is 10.1. The maximum Gasteiger partial charge on any atom is 0.271 e. The minimum atomic E-state index is -3.36. The molecule has 0 bridgehead atoms. The van der Waals surface area contributed by atoms with Gasteiger partial charge in [0.1, 0.15) is 11.5 Å². The molecule has 1 aliphatic rings. The molecule has 1 atom stereocenters. The third-order valence-corrected chi connectivity index (χ3v) is 7.27. The molecule has 2 heterocycles. The number of rotatable bonds is 3. The molecule has 1 saturated heterocycles. The second-order valence-electron chi connectivity index (χ2n) is 7.02. The van der Waals surface area contributed by atoms with E-state index < -0.39 is 15.1 Å². The summed E-state index contributed by atoms with van der Waals surface area (Å²) in [7, 11) is -3.36. The molecule has 150 valence electrons. The number of carbonyl (C=O) groups is 1. The highest BCUT2D eigenvalue weighted by Crippen LogP contribution is 2.29. The van der Waals surface area contributed by atoms with Crippen LogP contribution in [0.25, 0.3) is 11.3 Å². The van der Waals surface area contributed by atoms with Gasteiger partial charge >= 0.3 is 0 Å². The van der Waals surface area contributed by atoms with Gasteiger partial charge in [-0.05, 0) is 42.3 Å². The summed E-state index contributed by atoms with van der Waals surface area (Å²) in [5.41, 5.74) is 2.24. The SMILES string of the molecule is O=C(c1cc(-c2ccc(F)cc2)n[nH]1)N1CCC(c2ccccc2)S(=O)(=O)CC1. The number of sulfone groups is 1. The van der Waals surface area contributed by atoms with Crippen LogP contribution in [0.5, 0.6) is 0 Å². The number of nitrogens with one attached hydrogen (secondary N) is 1. The highest BCUT2D eigenvalue weighted by molar-refractivity contribution is 7.91. The molecular formula is C21H20FN3O3S. The number of carbonyl (C=O) groups excluding carboxylic acids is 1. The van der Waals surface area contributed by atoms with Crippen LogP contribution in [0, 0.1) is 5.82 Å². The lowest BCUT2D eigenvalue weighted by Gasteiger charge is -2.19. The number of nitrogens with zero attached hydrogens (tertiary/aromatic N) is 2. The molecule has 0 aliphatic carbocycles. The summed E-state index contributed by atoms with van der Waals surface area (Å²) in [6.07, 6.45) is 0.344. The molecule has 3 aromatic rings. The van der Waals surface area contributed by atoms with E-state index in [9.17, 15) is 17.6 Å². The van der Waals surface area contributed by atoms with Gasteiger partial charge in [0.05, 0.1) is 16.7 Å². The van der Waals surface area contributed by atoms with Crippen LogP contribution < -0.4 is 0 Å². The molecule has 29 heavy (non-hydrogen) atoms. The third-order valence-electron chi connectivity index (χ3n) is 5.15. The lowest BCUT2D eigenvalue weighted by molar-refractivity contribution is 0.0760. The van der Waals surface area contributed by atoms with E-state index in [0.717, 1.165) is 5.56 Å². The van der Waals surface area contributed by atoms with E-state index in [4.69, 9.17) is 0 Å². The predicted molar refractivity (Wildman–Crippen MR) is 107 cm³/mol. The molecule has 4 rings (SSSR count). The fourth-order valence-corrected chi connectivity index (χ4v) is 5.35. The molecule has 6 nitrogen and oxygen atoms in total.